The summed E-state index contributed by atoms with van der Waals surface area (Å²) in [6.45, 7) is 6.55. The number of rotatable bonds is 4. The van der Waals surface area contributed by atoms with Crippen molar-refractivity contribution >= 4 is 11.3 Å². The highest BCUT2D eigenvalue weighted by Crippen LogP contribution is 2.45. The van der Waals surface area contributed by atoms with Crippen LogP contribution in [0.4, 0.5) is 0 Å². The van der Waals surface area contributed by atoms with Crippen LogP contribution in [-0.2, 0) is 10.3 Å². The van der Waals surface area contributed by atoms with Gasteiger partial charge in [-0.1, -0.05) is 67.9 Å². The molecule has 0 unspecified atom stereocenters. The van der Waals surface area contributed by atoms with Gasteiger partial charge in [0, 0.05) is 16.7 Å². The number of ether oxygens (including phenoxy) is 1. The average molecular weight is 292 g/mol. The third-order valence-corrected chi connectivity index (χ3v) is 4.35. The fourth-order valence-electron chi connectivity index (χ4n) is 3.19. The molecule has 22 heavy (non-hydrogen) atoms. The molecule has 0 aliphatic carbocycles. The van der Waals surface area contributed by atoms with Crippen molar-refractivity contribution in [2.75, 3.05) is 0 Å². The molecule has 0 bridgehead atoms. The molecule has 0 spiro atoms. The molecular weight excluding hydrogens is 268 g/mol. The van der Waals surface area contributed by atoms with Crippen molar-refractivity contribution < 1.29 is 4.74 Å². The van der Waals surface area contributed by atoms with E-state index >= 15 is 0 Å². The lowest BCUT2D eigenvalue weighted by atomic mass is 9.83. The lowest BCUT2D eigenvalue weighted by Gasteiger charge is -2.37. The van der Waals surface area contributed by atoms with Gasteiger partial charge in [-0.15, -0.1) is 0 Å². The molecule has 114 valence electrons. The van der Waals surface area contributed by atoms with E-state index in [0.29, 0.717) is 0 Å². The van der Waals surface area contributed by atoms with Crippen molar-refractivity contribution in [2.24, 2.45) is 0 Å². The lowest BCUT2D eigenvalue weighted by Crippen LogP contribution is -2.26. The van der Waals surface area contributed by atoms with Crippen LogP contribution in [0.1, 0.15) is 56.7 Å². The zero-order chi connectivity index (χ0) is 15.6. The van der Waals surface area contributed by atoms with Gasteiger partial charge in [-0.05, 0) is 32.3 Å². The van der Waals surface area contributed by atoms with E-state index < -0.39 is 0 Å². The molecule has 2 aromatic carbocycles. The molecule has 2 aromatic rings. The van der Waals surface area contributed by atoms with Crippen molar-refractivity contribution in [3.05, 3.63) is 71.3 Å². The minimum absolute atomic E-state index is 0.294. The van der Waals surface area contributed by atoms with Gasteiger partial charge in [0.2, 0.25) is 0 Å². The zero-order valence-electron chi connectivity index (χ0n) is 13.7. The van der Waals surface area contributed by atoms with Crippen molar-refractivity contribution in [1.82, 2.24) is 0 Å². The van der Waals surface area contributed by atoms with Gasteiger partial charge in [0.05, 0.1) is 0 Å². The number of hydrogen-bond acceptors (Lipinski definition) is 1. The maximum absolute atomic E-state index is 6.48. The predicted molar refractivity (Wildman–Crippen MR) is 93.3 cm³/mol. The monoisotopic (exact) mass is 292 g/mol. The number of benzene rings is 2. The summed E-state index contributed by atoms with van der Waals surface area (Å²) in [7, 11) is 0. The highest BCUT2D eigenvalue weighted by atomic mass is 16.5. The van der Waals surface area contributed by atoms with Gasteiger partial charge in [-0.25, -0.2) is 0 Å². The summed E-state index contributed by atoms with van der Waals surface area (Å²) in [4.78, 5) is 0. The van der Waals surface area contributed by atoms with Crippen molar-refractivity contribution in [1.29, 1.82) is 0 Å². The molecule has 0 fully saturated rings. The van der Waals surface area contributed by atoms with Gasteiger partial charge < -0.3 is 4.74 Å². The van der Waals surface area contributed by atoms with E-state index in [1.54, 1.807) is 0 Å². The van der Waals surface area contributed by atoms with Crippen LogP contribution in [-0.4, -0.2) is 0 Å². The fourth-order valence-corrected chi connectivity index (χ4v) is 3.19. The standard InChI is InChI=1S/C21H24O/c1-4-5-13-18-17-14-9-10-15-19(17)21(2,3)22-20(18)16-11-7-6-8-12-16/h6-12,14-15H,4-5,13H2,1-3H3. The minimum atomic E-state index is -0.294. The summed E-state index contributed by atoms with van der Waals surface area (Å²) in [5, 5.41) is 0. The van der Waals surface area contributed by atoms with Gasteiger partial charge in [0.25, 0.3) is 0 Å². The maximum Gasteiger partial charge on any atom is 0.131 e. The smallest absolute Gasteiger partial charge is 0.131 e. The molecule has 1 heteroatoms. The summed E-state index contributed by atoms with van der Waals surface area (Å²) >= 11 is 0. The molecular formula is C21H24O. The third kappa shape index (κ3) is 2.68. The second kappa shape index (κ2) is 6.00. The highest BCUT2D eigenvalue weighted by molar-refractivity contribution is 5.90. The van der Waals surface area contributed by atoms with E-state index in [4.69, 9.17) is 4.74 Å². The van der Waals surface area contributed by atoms with Crippen LogP contribution in [0.25, 0.3) is 11.3 Å². The molecule has 0 aromatic heterocycles. The molecule has 0 radical (unpaired) electrons. The largest absolute Gasteiger partial charge is 0.482 e. The first-order valence-electron chi connectivity index (χ1n) is 8.21. The average Bonchev–Trinajstić information content (AvgIpc) is 2.54. The second-order valence-corrected chi connectivity index (χ2v) is 6.44. The Kier molecular flexibility index (Phi) is 4.06. The Hall–Kier alpha value is -2.02. The molecule has 0 N–H and O–H groups in total. The molecule has 3 rings (SSSR count). The van der Waals surface area contributed by atoms with E-state index in [2.05, 4.69) is 75.4 Å². The van der Waals surface area contributed by atoms with Gasteiger partial charge in [-0.2, -0.15) is 0 Å². The van der Waals surface area contributed by atoms with Crippen LogP contribution >= 0.6 is 0 Å². The van der Waals surface area contributed by atoms with E-state index in [1.807, 2.05) is 0 Å². The molecule has 1 aliphatic rings. The fraction of sp³-hybridized carbons (Fsp3) is 0.333. The molecule has 1 nitrogen and oxygen atoms in total. The van der Waals surface area contributed by atoms with Crippen molar-refractivity contribution in [2.45, 2.75) is 45.6 Å². The molecule has 1 heterocycles. The Labute approximate surface area is 133 Å². The number of unbranched alkanes of at least 4 members (excludes halogenated alkanes) is 1. The summed E-state index contributed by atoms with van der Waals surface area (Å²) < 4.78 is 6.48. The first-order chi connectivity index (χ1) is 10.6. The van der Waals surface area contributed by atoms with E-state index in [-0.39, 0.29) is 5.60 Å². The normalized spacial score (nSPS) is 16.1. The van der Waals surface area contributed by atoms with Crippen molar-refractivity contribution in [3.63, 3.8) is 0 Å². The SMILES string of the molecule is CCCCC1=C(c2ccccc2)OC(C)(C)c2ccccc21. The Morgan fingerprint density at radius 1 is 0.909 bits per heavy atom. The Balaban J connectivity index is 2.19. The molecule has 0 saturated heterocycles. The zero-order valence-corrected chi connectivity index (χ0v) is 13.7. The highest BCUT2D eigenvalue weighted by Gasteiger charge is 2.33. The van der Waals surface area contributed by atoms with Crippen LogP contribution in [0, 0.1) is 0 Å². The molecule has 1 aliphatic heterocycles. The van der Waals surface area contributed by atoms with Crippen LogP contribution in [0.15, 0.2) is 54.6 Å². The first kappa shape index (κ1) is 14.9. The van der Waals surface area contributed by atoms with E-state index in [0.717, 1.165) is 12.2 Å². The number of allylic oxidation sites excluding steroid dienone is 1. The maximum atomic E-state index is 6.48. The van der Waals surface area contributed by atoms with Crippen LogP contribution < -0.4 is 0 Å². The van der Waals surface area contributed by atoms with E-state index in [1.165, 1.54) is 35.1 Å². The van der Waals surface area contributed by atoms with Crippen LogP contribution in [0.2, 0.25) is 0 Å². The Morgan fingerprint density at radius 3 is 2.32 bits per heavy atom. The Bertz CT molecular complexity index is 680. The third-order valence-electron chi connectivity index (χ3n) is 4.35. The predicted octanol–water partition coefficient (Wildman–Crippen LogP) is 6.01. The van der Waals surface area contributed by atoms with E-state index in [9.17, 15) is 0 Å². The van der Waals surface area contributed by atoms with Gasteiger partial charge in [0.1, 0.15) is 11.4 Å². The number of fused-ring (bicyclic) bond motifs is 1. The summed E-state index contributed by atoms with van der Waals surface area (Å²) in [6.07, 6.45) is 3.44. The topological polar surface area (TPSA) is 9.23 Å². The van der Waals surface area contributed by atoms with Crippen molar-refractivity contribution in [3.8, 4) is 0 Å². The second-order valence-electron chi connectivity index (χ2n) is 6.44. The molecule has 0 saturated carbocycles. The molecule has 0 amide bonds. The quantitative estimate of drug-likeness (QED) is 0.670. The lowest BCUT2D eigenvalue weighted by molar-refractivity contribution is 0.0716. The summed E-state index contributed by atoms with van der Waals surface area (Å²) in [6, 6.07) is 19.2. The molecule has 0 atom stereocenters. The van der Waals surface area contributed by atoms with Crippen LogP contribution in [0.3, 0.4) is 0 Å². The van der Waals surface area contributed by atoms with Gasteiger partial charge >= 0.3 is 0 Å². The summed E-state index contributed by atoms with van der Waals surface area (Å²) in [5.74, 6) is 1.05. The first-order valence-corrected chi connectivity index (χ1v) is 8.21. The summed E-state index contributed by atoms with van der Waals surface area (Å²) in [5.41, 5.74) is 4.88. The van der Waals surface area contributed by atoms with Crippen LogP contribution in [0.5, 0.6) is 0 Å². The number of hydrogen-bond donors (Lipinski definition) is 0. The Morgan fingerprint density at radius 2 is 1.59 bits per heavy atom. The van der Waals surface area contributed by atoms with Gasteiger partial charge in [-0.3, -0.25) is 0 Å². The van der Waals surface area contributed by atoms with Gasteiger partial charge in [0.15, 0.2) is 0 Å². The minimum Gasteiger partial charge on any atom is -0.482 e.